The fourth-order valence-electron chi connectivity index (χ4n) is 0.888. The monoisotopic (exact) mass is 274 g/mol. The zero-order valence-corrected chi connectivity index (χ0v) is 11.3. The van der Waals surface area contributed by atoms with Gasteiger partial charge in [-0.2, -0.15) is 0 Å². The Morgan fingerprint density at radius 1 is 1.19 bits per heavy atom. The summed E-state index contributed by atoms with van der Waals surface area (Å²) in [5.74, 6) is 0. The Labute approximate surface area is 97.1 Å². The van der Waals surface area contributed by atoms with Crippen molar-refractivity contribution in [2.24, 2.45) is 0 Å². The molecule has 96 valence electrons. The van der Waals surface area contributed by atoms with E-state index in [9.17, 15) is 13.3 Å². The molecular weight excluding hydrogens is 257 g/mol. The molecule has 0 bridgehead atoms. The highest BCUT2D eigenvalue weighted by Crippen LogP contribution is 2.49. The van der Waals surface area contributed by atoms with Crippen molar-refractivity contribution in [1.29, 1.82) is 0 Å². The molecule has 0 aliphatic heterocycles. The zero-order chi connectivity index (χ0) is 12.4. The van der Waals surface area contributed by atoms with Crippen LogP contribution in [-0.4, -0.2) is 35.4 Å². The van der Waals surface area contributed by atoms with Gasteiger partial charge in [0.15, 0.2) is 0 Å². The van der Waals surface area contributed by atoms with E-state index in [1.807, 2.05) is 0 Å². The van der Waals surface area contributed by atoms with Gasteiger partial charge in [-0.15, -0.1) is 0 Å². The summed E-state index contributed by atoms with van der Waals surface area (Å²) in [4.78, 5) is 0. The Kier molecular flexibility index (Phi) is 9.35. The first-order valence-electron chi connectivity index (χ1n) is 5.09. The largest absolute Gasteiger partial charge is 0.474 e. The maximum atomic E-state index is 11.8. The molecule has 0 unspecified atom stereocenters. The van der Waals surface area contributed by atoms with Gasteiger partial charge in [0, 0.05) is 0 Å². The van der Waals surface area contributed by atoms with Crippen LogP contribution in [-0.2, 0) is 18.1 Å². The molecule has 0 atom stereocenters. The van der Waals surface area contributed by atoms with Crippen molar-refractivity contribution in [3.8, 4) is 0 Å². The Hall–Kier alpha value is 0.187. The Morgan fingerprint density at radius 2 is 1.75 bits per heavy atom. The molecule has 0 rings (SSSR count). The Balaban J connectivity index is 3.72. The summed E-state index contributed by atoms with van der Waals surface area (Å²) in [7, 11) is -3.87. The molecule has 0 fully saturated rings. The van der Waals surface area contributed by atoms with Crippen LogP contribution < -0.4 is 0 Å². The molecule has 4 nitrogen and oxygen atoms in total. The number of hydrogen-bond acceptors (Lipinski definition) is 4. The van der Waals surface area contributed by atoms with Gasteiger partial charge in [0.2, 0.25) is 6.05 Å². The molecule has 0 N–H and O–H groups in total. The highest BCUT2D eigenvalue weighted by atomic mass is 31.2. The first kappa shape index (κ1) is 16.2. The maximum absolute atomic E-state index is 11.8. The Morgan fingerprint density at radius 3 is 2.19 bits per heavy atom. The van der Waals surface area contributed by atoms with Gasteiger partial charge in [-0.1, -0.05) is 6.04 Å². The van der Waals surface area contributed by atoms with Gasteiger partial charge in [0.1, 0.15) is 9.52 Å². The van der Waals surface area contributed by atoms with Crippen LogP contribution in [0.3, 0.4) is 0 Å². The van der Waals surface area contributed by atoms with Crippen molar-refractivity contribution in [3.05, 3.63) is 0 Å². The molecule has 0 aliphatic rings. The van der Waals surface area contributed by atoms with E-state index >= 15 is 0 Å². The van der Waals surface area contributed by atoms with Crippen LogP contribution in [0.25, 0.3) is 0 Å². The first-order chi connectivity index (χ1) is 7.54. The third kappa shape index (κ3) is 8.35. The molecule has 0 aromatic carbocycles. The summed E-state index contributed by atoms with van der Waals surface area (Å²) in [5.41, 5.74) is 0. The molecule has 2 radical (unpaired) electrons. The molecule has 0 saturated carbocycles. The van der Waals surface area contributed by atoms with Crippen molar-refractivity contribution in [3.63, 3.8) is 0 Å². The lowest BCUT2D eigenvalue weighted by Crippen LogP contribution is -2.06. The Bertz CT molecular complexity index is 208. The van der Waals surface area contributed by atoms with Crippen LogP contribution >= 0.6 is 7.82 Å². The van der Waals surface area contributed by atoms with Gasteiger partial charge < -0.3 is 0 Å². The third-order valence-corrected chi connectivity index (χ3v) is 4.04. The normalized spacial score (nSPS) is 12.3. The van der Waals surface area contributed by atoms with Crippen LogP contribution in [0.4, 0.5) is 8.78 Å². The predicted molar refractivity (Wildman–Crippen MR) is 58.0 cm³/mol. The van der Waals surface area contributed by atoms with E-state index < -0.39 is 23.4 Å². The average Bonchev–Trinajstić information content (AvgIpc) is 2.17. The van der Waals surface area contributed by atoms with E-state index in [4.69, 9.17) is 13.6 Å². The summed E-state index contributed by atoms with van der Waals surface area (Å²) in [6, 6.07) is -1.92. The quantitative estimate of drug-likeness (QED) is 0.349. The van der Waals surface area contributed by atoms with Gasteiger partial charge >= 0.3 is 7.82 Å². The minimum Gasteiger partial charge on any atom is -0.287 e. The fraction of sp³-hybridized carbons (Fsp3) is 1.00. The SMILES string of the molecule is CCOP(=O)(OCC)OCCC[Si]C(F)F. The molecule has 0 aromatic heterocycles. The lowest BCUT2D eigenvalue weighted by atomic mass is 10.5. The summed E-state index contributed by atoms with van der Waals surface area (Å²) in [5, 5.41) is 0. The number of rotatable bonds is 10. The maximum Gasteiger partial charge on any atom is 0.474 e. The minimum atomic E-state index is -3.47. The van der Waals surface area contributed by atoms with Crippen LogP contribution in [0.2, 0.25) is 6.04 Å². The molecule has 0 amide bonds. The second-order valence-electron chi connectivity index (χ2n) is 2.72. The van der Waals surface area contributed by atoms with Crippen LogP contribution in [0.1, 0.15) is 20.3 Å². The fourth-order valence-corrected chi connectivity index (χ4v) is 2.66. The molecule has 0 aliphatic carbocycles. The third-order valence-electron chi connectivity index (χ3n) is 1.44. The highest BCUT2D eigenvalue weighted by molar-refractivity contribution is 7.48. The van der Waals surface area contributed by atoms with Crippen LogP contribution in [0.15, 0.2) is 0 Å². The highest BCUT2D eigenvalue weighted by Gasteiger charge is 2.24. The van der Waals surface area contributed by atoms with Gasteiger partial charge in [-0.05, 0) is 20.3 Å². The lowest BCUT2D eigenvalue weighted by Gasteiger charge is -2.15. The molecule has 8 heteroatoms. The van der Waals surface area contributed by atoms with Crippen LogP contribution in [0, 0.1) is 0 Å². The van der Waals surface area contributed by atoms with E-state index in [0.29, 0.717) is 12.5 Å². The molecule has 16 heavy (non-hydrogen) atoms. The minimum absolute atomic E-state index is 0.108. The van der Waals surface area contributed by atoms with Crippen molar-refractivity contribution in [2.45, 2.75) is 32.4 Å². The average molecular weight is 274 g/mol. The topological polar surface area (TPSA) is 44.8 Å². The zero-order valence-electron chi connectivity index (χ0n) is 9.45. The predicted octanol–water partition coefficient (Wildman–Crippen LogP) is 2.92. The van der Waals surface area contributed by atoms with Crippen LogP contribution in [0.5, 0.6) is 0 Å². The molecule has 0 saturated heterocycles. The van der Waals surface area contributed by atoms with E-state index in [0.717, 1.165) is 0 Å². The van der Waals surface area contributed by atoms with E-state index in [1.165, 1.54) is 0 Å². The second kappa shape index (κ2) is 9.24. The number of phosphoric ester groups is 1. The summed E-state index contributed by atoms with van der Waals surface area (Å²) < 4.78 is 50.0. The van der Waals surface area contributed by atoms with E-state index in [2.05, 4.69) is 0 Å². The number of alkyl halides is 2. The summed E-state index contributed by atoms with van der Waals surface area (Å²) in [6.45, 7) is 3.89. The standard InChI is InChI=1S/C8H17F2O4PSi/c1-3-12-15(11,13-4-2)14-6-5-7-16-8(9)10/h8H,3-7H2,1-2H3. The number of halogens is 2. The van der Waals surface area contributed by atoms with Crippen molar-refractivity contribution >= 4 is 17.3 Å². The van der Waals surface area contributed by atoms with Crippen molar-refractivity contribution < 1.29 is 26.9 Å². The lowest BCUT2D eigenvalue weighted by molar-refractivity contribution is 0.121. The number of phosphoric acid groups is 1. The second-order valence-corrected chi connectivity index (χ2v) is 5.74. The van der Waals surface area contributed by atoms with Gasteiger partial charge in [0.05, 0.1) is 19.8 Å². The van der Waals surface area contributed by atoms with Gasteiger partial charge in [-0.3, -0.25) is 13.6 Å². The molecular formula is C8H17F2O4PSi. The molecule has 0 heterocycles. The van der Waals surface area contributed by atoms with E-state index in [1.54, 1.807) is 13.8 Å². The summed E-state index contributed by atoms with van der Waals surface area (Å²) >= 11 is 0. The van der Waals surface area contributed by atoms with Crippen molar-refractivity contribution in [1.82, 2.24) is 0 Å². The van der Waals surface area contributed by atoms with E-state index in [-0.39, 0.29) is 19.8 Å². The first-order valence-corrected chi connectivity index (χ1v) is 7.83. The smallest absolute Gasteiger partial charge is 0.287 e. The summed E-state index contributed by atoms with van der Waals surface area (Å²) in [6.07, 6.45) is 0.424. The van der Waals surface area contributed by atoms with Gasteiger partial charge in [-0.25, -0.2) is 13.3 Å². The van der Waals surface area contributed by atoms with Gasteiger partial charge in [0.25, 0.3) is 0 Å². The molecule has 0 spiro atoms. The molecule has 0 aromatic rings. The number of hydrogen-bond donors (Lipinski definition) is 0. The van der Waals surface area contributed by atoms with Crippen molar-refractivity contribution in [2.75, 3.05) is 19.8 Å².